The number of nitrogens with zero attached hydrogens (tertiary/aromatic N) is 1. The Kier molecular flexibility index (Phi) is 6.01. The van der Waals surface area contributed by atoms with Crippen LogP contribution in [0.15, 0.2) is 156 Å². The van der Waals surface area contributed by atoms with E-state index in [-0.39, 0.29) is 10.8 Å². The Morgan fingerprint density at radius 3 is 1.84 bits per heavy atom. The number of fused-ring (bicyclic) bond motifs is 9. The Morgan fingerprint density at radius 1 is 0.420 bits per heavy atom. The highest BCUT2D eigenvalue weighted by atomic mass is 16.3. The number of hydrogen-bond donors (Lipinski definition) is 0. The first kappa shape index (κ1) is 29.1. The largest absolute Gasteiger partial charge is 0.456 e. The fourth-order valence-electron chi connectivity index (χ4n) is 9.05. The van der Waals surface area contributed by atoms with Crippen LogP contribution in [0.2, 0.25) is 0 Å². The zero-order valence-corrected chi connectivity index (χ0v) is 28.8. The standard InChI is InChI=1S/C48H37NO/c1-47(2)39-19-9-5-15-33(39)35-27-25-31(29-41(35)47)49(43-22-13-18-38-34-16-6-10-20-40(34)48(3,4)46(38)43)42-21-11-7-14-32(42)30-24-26-37-36-17-8-12-23-44(36)50-45(37)28-30/h5-29H,1-4H3. The maximum absolute atomic E-state index is 6.40. The smallest absolute Gasteiger partial charge is 0.136 e. The normalized spacial score (nSPS) is 14.7. The molecule has 10 rings (SSSR count). The van der Waals surface area contributed by atoms with E-state index in [2.05, 4.69) is 172 Å². The van der Waals surface area contributed by atoms with Crippen LogP contribution < -0.4 is 4.90 Å². The summed E-state index contributed by atoms with van der Waals surface area (Å²) < 4.78 is 6.40. The first-order chi connectivity index (χ1) is 24.3. The number of hydrogen-bond acceptors (Lipinski definition) is 2. The SMILES string of the molecule is CC1(C)c2ccccc2-c2ccc(N(c3ccccc3-c3ccc4c(c3)oc3ccccc34)c3cccc4c3C(C)(C)c3ccccc3-4)cc21. The molecule has 0 unspecified atom stereocenters. The lowest BCUT2D eigenvalue weighted by atomic mass is 9.80. The molecule has 0 atom stereocenters. The van der Waals surface area contributed by atoms with Crippen LogP contribution in [0, 0.1) is 0 Å². The highest BCUT2D eigenvalue weighted by Crippen LogP contribution is 2.56. The molecule has 0 radical (unpaired) electrons. The average molecular weight is 644 g/mol. The molecule has 240 valence electrons. The van der Waals surface area contributed by atoms with Gasteiger partial charge >= 0.3 is 0 Å². The maximum Gasteiger partial charge on any atom is 0.136 e. The minimum atomic E-state index is -0.185. The van der Waals surface area contributed by atoms with Crippen molar-refractivity contribution in [3.05, 3.63) is 174 Å². The Balaban J connectivity index is 1.23. The summed E-state index contributed by atoms with van der Waals surface area (Å²) >= 11 is 0. The molecule has 2 aliphatic rings. The van der Waals surface area contributed by atoms with Gasteiger partial charge in [-0.05, 0) is 92.5 Å². The van der Waals surface area contributed by atoms with Gasteiger partial charge < -0.3 is 9.32 Å². The Morgan fingerprint density at radius 2 is 1.02 bits per heavy atom. The predicted molar refractivity (Wildman–Crippen MR) is 209 cm³/mol. The molecule has 50 heavy (non-hydrogen) atoms. The fraction of sp³-hybridized carbons (Fsp3) is 0.125. The maximum atomic E-state index is 6.40. The zero-order chi connectivity index (χ0) is 33.8. The summed E-state index contributed by atoms with van der Waals surface area (Å²) in [6.07, 6.45) is 0. The molecule has 0 bridgehead atoms. The molecule has 0 spiro atoms. The molecule has 2 aliphatic carbocycles. The van der Waals surface area contributed by atoms with Gasteiger partial charge in [-0.25, -0.2) is 0 Å². The Bertz CT molecular complexity index is 2670. The van der Waals surface area contributed by atoms with Crippen LogP contribution >= 0.6 is 0 Å². The van der Waals surface area contributed by atoms with Gasteiger partial charge in [0.05, 0.1) is 11.4 Å². The lowest BCUT2D eigenvalue weighted by Gasteiger charge is -2.34. The van der Waals surface area contributed by atoms with Crippen LogP contribution in [0.5, 0.6) is 0 Å². The second-order valence-corrected chi connectivity index (χ2v) is 14.9. The second kappa shape index (κ2) is 10.3. The molecular weight excluding hydrogens is 607 g/mol. The van der Waals surface area contributed by atoms with E-state index in [9.17, 15) is 0 Å². The first-order valence-corrected chi connectivity index (χ1v) is 17.6. The molecule has 0 amide bonds. The first-order valence-electron chi connectivity index (χ1n) is 17.6. The van der Waals surface area contributed by atoms with E-state index in [0.717, 1.165) is 44.4 Å². The highest BCUT2D eigenvalue weighted by Gasteiger charge is 2.40. The summed E-state index contributed by atoms with van der Waals surface area (Å²) in [5, 5.41) is 2.28. The third kappa shape index (κ3) is 3.96. The van der Waals surface area contributed by atoms with Gasteiger partial charge in [-0.1, -0.05) is 137 Å². The molecule has 0 N–H and O–H groups in total. The molecule has 0 saturated carbocycles. The third-order valence-electron chi connectivity index (χ3n) is 11.5. The van der Waals surface area contributed by atoms with Crippen molar-refractivity contribution < 1.29 is 4.42 Å². The molecule has 2 nitrogen and oxygen atoms in total. The fourth-order valence-corrected chi connectivity index (χ4v) is 9.05. The lowest BCUT2D eigenvalue weighted by molar-refractivity contribution is 0.658. The van der Waals surface area contributed by atoms with Crippen molar-refractivity contribution in [2.45, 2.75) is 38.5 Å². The number of para-hydroxylation sites is 2. The summed E-state index contributed by atoms with van der Waals surface area (Å²) in [5.74, 6) is 0. The number of anilines is 3. The Labute approximate surface area is 293 Å². The van der Waals surface area contributed by atoms with E-state index in [1.54, 1.807) is 0 Å². The van der Waals surface area contributed by atoms with Crippen molar-refractivity contribution >= 4 is 39.0 Å². The monoisotopic (exact) mass is 643 g/mol. The zero-order valence-electron chi connectivity index (χ0n) is 28.8. The molecule has 0 fully saturated rings. The summed E-state index contributed by atoms with van der Waals surface area (Å²) in [6.45, 7) is 9.48. The quantitative estimate of drug-likeness (QED) is 0.190. The summed E-state index contributed by atoms with van der Waals surface area (Å²) in [6, 6.07) is 55.6. The van der Waals surface area contributed by atoms with Crippen LogP contribution in [0.3, 0.4) is 0 Å². The molecular formula is C48H37NO. The van der Waals surface area contributed by atoms with Gasteiger partial charge in [0.2, 0.25) is 0 Å². The van der Waals surface area contributed by atoms with Gasteiger partial charge in [0.1, 0.15) is 11.2 Å². The summed E-state index contributed by atoms with van der Waals surface area (Å²) in [7, 11) is 0. The lowest BCUT2D eigenvalue weighted by Crippen LogP contribution is -2.21. The van der Waals surface area contributed by atoms with Gasteiger partial charge in [-0.2, -0.15) is 0 Å². The van der Waals surface area contributed by atoms with Crippen LogP contribution in [0.25, 0.3) is 55.3 Å². The van der Waals surface area contributed by atoms with Crippen molar-refractivity contribution in [2.24, 2.45) is 0 Å². The molecule has 0 saturated heterocycles. The third-order valence-corrected chi connectivity index (χ3v) is 11.5. The molecule has 2 heteroatoms. The molecule has 7 aromatic carbocycles. The van der Waals surface area contributed by atoms with Gasteiger partial charge in [-0.15, -0.1) is 0 Å². The predicted octanol–water partition coefficient (Wildman–Crippen LogP) is 13.3. The van der Waals surface area contributed by atoms with Crippen LogP contribution in [-0.2, 0) is 10.8 Å². The Hall–Kier alpha value is -5.86. The van der Waals surface area contributed by atoms with Crippen LogP contribution in [0.1, 0.15) is 49.9 Å². The van der Waals surface area contributed by atoms with Crippen molar-refractivity contribution in [3.8, 4) is 33.4 Å². The summed E-state index contributed by atoms with van der Waals surface area (Å²) in [5.41, 5.74) is 18.0. The van der Waals surface area contributed by atoms with Gasteiger partial charge in [0, 0.05) is 32.9 Å². The van der Waals surface area contributed by atoms with Crippen molar-refractivity contribution in [3.63, 3.8) is 0 Å². The topological polar surface area (TPSA) is 16.4 Å². The van der Waals surface area contributed by atoms with E-state index in [1.807, 2.05) is 12.1 Å². The number of benzene rings is 7. The van der Waals surface area contributed by atoms with Crippen molar-refractivity contribution in [1.82, 2.24) is 0 Å². The van der Waals surface area contributed by atoms with E-state index >= 15 is 0 Å². The summed E-state index contributed by atoms with van der Waals surface area (Å²) in [4.78, 5) is 2.52. The van der Waals surface area contributed by atoms with E-state index in [4.69, 9.17) is 4.42 Å². The molecule has 0 aliphatic heterocycles. The average Bonchev–Trinajstić information content (AvgIpc) is 3.72. The number of rotatable bonds is 4. The van der Waals surface area contributed by atoms with Gasteiger partial charge in [0.25, 0.3) is 0 Å². The van der Waals surface area contributed by atoms with E-state index < -0.39 is 0 Å². The number of furan rings is 1. The van der Waals surface area contributed by atoms with E-state index in [1.165, 1.54) is 50.2 Å². The molecule has 1 aromatic heterocycles. The highest BCUT2D eigenvalue weighted by molar-refractivity contribution is 6.06. The van der Waals surface area contributed by atoms with Crippen LogP contribution in [0.4, 0.5) is 17.1 Å². The minimum absolute atomic E-state index is 0.117. The van der Waals surface area contributed by atoms with Crippen molar-refractivity contribution in [1.29, 1.82) is 0 Å². The van der Waals surface area contributed by atoms with Crippen LogP contribution in [-0.4, -0.2) is 0 Å². The molecule has 8 aromatic rings. The molecule has 1 heterocycles. The second-order valence-electron chi connectivity index (χ2n) is 14.9. The van der Waals surface area contributed by atoms with Gasteiger partial charge in [-0.3, -0.25) is 0 Å². The van der Waals surface area contributed by atoms with E-state index in [0.29, 0.717) is 0 Å². The van der Waals surface area contributed by atoms with Crippen molar-refractivity contribution in [2.75, 3.05) is 4.90 Å². The van der Waals surface area contributed by atoms with Gasteiger partial charge in [0.15, 0.2) is 0 Å². The minimum Gasteiger partial charge on any atom is -0.456 e.